The van der Waals surface area contributed by atoms with Crippen molar-refractivity contribution >= 4 is 11.6 Å². The molecule has 0 radical (unpaired) electrons. The molecule has 0 unspecified atom stereocenters. The Balaban J connectivity index is 2.95. The molecule has 3 nitrogen and oxygen atoms in total. The van der Waals surface area contributed by atoms with E-state index in [1.165, 1.54) is 0 Å². The predicted molar refractivity (Wildman–Crippen MR) is 52.2 cm³/mol. The highest BCUT2D eigenvalue weighted by atomic mass is 35.5. The molecule has 1 rings (SSSR count). The molecule has 0 amide bonds. The van der Waals surface area contributed by atoms with Crippen molar-refractivity contribution in [3.05, 3.63) is 23.8 Å². The van der Waals surface area contributed by atoms with E-state index in [0.717, 1.165) is 11.3 Å². The van der Waals surface area contributed by atoms with Crippen LogP contribution in [0.5, 0.6) is 11.5 Å². The van der Waals surface area contributed by atoms with Gasteiger partial charge in [-0.25, -0.2) is 0 Å². The van der Waals surface area contributed by atoms with Crippen molar-refractivity contribution in [2.45, 2.75) is 6.54 Å². The number of hydrogen-bond acceptors (Lipinski definition) is 3. The summed E-state index contributed by atoms with van der Waals surface area (Å²) in [6.07, 6.45) is 0. The van der Waals surface area contributed by atoms with Crippen LogP contribution in [-0.4, -0.2) is 13.2 Å². The van der Waals surface area contributed by atoms with E-state index in [9.17, 15) is 0 Å². The third kappa shape index (κ3) is 2.50. The standard InChI is InChI=1S/C9H12ClNO2/c1-12-8-3-2-7(5-11)9(4-8)13-6-10/h2-4H,5-6,11H2,1H3. The summed E-state index contributed by atoms with van der Waals surface area (Å²) in [5.41, 5.74) is 6.43. The SMILES string of the molecule is COc1ccc(CN)c(OCCl)c1. The smallest absolute Gasteiger partial charge is 0.162 e. The van der Waals surface area contributed by atoms with Crippen molar-refractivity contribution in [3.8, 4) is 11.5 Å². The fourth-order valence-electron chi connectivity index (χ4n) is 1.02. The van der Waals surface area contributed by atoms with Gasteiger partial charge in [0.2, 0.25) is 0 Å². The van der Waals surface area contributed by atoms with Crippen LogP contribution in [0.25, 0.3) is 0 Å². The average molecular weight is 202 g/mol. The lowest BCUT2D eigenvalue weighted by Gasteiger charge is -2.09. The molecular formula is C9H12ClNO2. The first kappa shape index (κ1) is 10.2. The van der Waals surface area contributed by atoms with Crippen LogP contribution < -0.4 is 15.2 Å². The molecule has 0 aliphatic heterocycles. The Morgan fingerprint density at radius 2 is 2.23 bits per heavy atom. The maximum atomic E-state index is 5.51. The lowest BCUT2D eigenvalue weighted by atomic mass is 10.2. The molecule has 72 valence electrons. The Morgan fingerprint density at radius 1 is 1.46 bits per heavy atom. The van der Waals surface area contributed by atoms with Crippen molar-refractivity contribution in [2.24, 2.45) is 5.73 Å². The molecule has 1 aromatic rings. The minimum atomic E-state index is 0.111. The fourth-order valence-corrected chi connectivity index (χ4v) is 1.14. The van der Waals surface area contributed by atoms with E-state index >= 15 is 0 Å². The maximum absolute atomic E-state index is 5.51. The molecule has 0 bridgehead atoms. The van der Waals surface area contributed by atoms with Gasteiger partial charge in [0, 0.05) is 18.2 Å². The highest BCUT2D eigenvalue weighted by Crippen LogP contribution is 2.24. The van der Waals surface area contributed by atoms with Gasteiger partial charge in [0.15, 0.2) is 6.07 Å². The first-order valence-corrected chi connectivity index (χ1v) is 4.41. The first-order valence-electron chi connectivity index (χ1n) is 3.87. The summed E-state index contributed by atoms with van der Waals surface area (Å²) in [6, 6.07) is 5.58. The summed E-state index contributed by atoms with van der Waals surface area (Å²) in [4.78, 5) is 0. The number of alkyl halides is 1. The number of nitrogens with two attached hydrogens (primary N) is 1. The Labute approximate surface area is 82.4 Å². The van der Waals surface area contributed by atoms with E-state index in [1.807, 2.05) is 12.1 Å². The second kappa shape index (κ2) is 4.94. The van der Waals surface area contributed by atoms with Crippen molar-refractivity contribution in [3.63, 3.8) is 0 Å². The van der Waals surface area contributed by atoms with Crippen LogP contribution in [-0.2, 0) is 6.54 Å². The van der Waals surface area contributed by atoms with Gasteiger partial charge in [-0.15, -0.1) is 0 Å². The molecule has 0 heterocycles. The van der Waals surface area contributed by atoms with Crippen molar-refractivity contribution in [1.82, 2.24) is 0 Å². The molecule has 0 saturated heterocycles. The van der Waals surface area contributed by atoms with Crippen LogP contribution in [0.2, 0.25) is 0 Å². The van der Waals surface area contributed by atoms with E-state index in [2.05, 4.69) is 0 Å². The van der Waals surface area contributed by atoms with E-state index in [1.54, 1.807) is 13.2 Å². The van der Waals surface area contributed by atoms with Crippen molar-refractivity contribution in [1.29, 1.82) is 0 Å². The van der Waals surface area contributed by atoms with Gasteiger partial charge in [-0.3, -0.25) is 0 Å². The largest absolute Gasteiger partial charge is 0.497 e. The fraction of sp³-hybridized carbons (Fsp3) is 0.333. The zero-order valence-electron chi connectivity index (χ0n) is 7.42. The molecule has 0 atom stereocenters. The number of methoxy groups -OCH3 is 1. The van der Waals surface area contributed by atoms with Gasteiger partial charge in [0.1, 0.15) is 11.5 Å². The number of benzene rings is 1. The Kier molecular flexibility index (Phi) is 3.86. The molecule has 2 N–H and O–H groups in total. The second-order valence-corrected chi connectivity index (χ2v) is 2.65. The van der Waals surface area contributed by atoms with Crippen LogP contribution >= 0.6 is 11.6 Å². The van der Waals surface area contributed by atoms with Gasteiger partial charge in [-0.1, -0.05) is 17.7 Å². The zero-order chi connectivity index (χ0) is 9.68. The van der Waals surface area contributed by atoms with Gasteiger partial charge in [-0.05, 0) is 6.07 Å². The number of hydrogen-bond donors (Lipinski definition) is 1. The maximum Gasteiger partial charge on any atom is 0.162 e. The summed E-state index contributed by atoms with van der Waals surface area (Å²) in [5.74, 6) is 1.41. The van der Waals surface area contributed by atoms with Gasteiger partial charge in [-0.2, -0.15) is 0 Å². The van der Waals surface area contributed by atoms with Gasteiger partial charge in [0.25, 0.3) is 0 Å². The molecule has 0 aromatic heterocycles. The van der Waals surface area contributed by atoms with Gasteiger partial charge >= 0.3 is 0 Å². The Morgan fingerprint density at radius 3 is 2.77 bits per heavy atom. The van der Waals surface area contributed by atoms with E-state index in [-0.39, 0.29) is 6.07 Å². The third-order valence-electron chi connectivity index (χ3n) is 1.70. The van der Waals surface area contributed by atoms with Crippen molar-refractivity contribution < 1.29 is 9.47 Å². The van der Waals surface area contributed by atoms with Gasteiger partial charge < -0.3 is 15.2 Å². The Hall–Kier alpha value is -0.930. The molecule has 13 heavy (non-hydrogen) atoms. The molecule has 0 aliphatic rings. The molecular weight excluding hydrogens is 190 g/mol. The molecule has 0 aliphatic carbocycles. The quantitative estimate of drug-likeness (QED) is 0.755. The minimum absolute atomic E-state index is 0.111. The van der Waals surface area contributed by atoms with Crippen LogP contribution in [0.1, 0.15) is 5.56 Å². The molecule has 4 heteroatoms. The number of ether oxygens (including phenoxy) is 2. The van der Waals surface area contributed by atoms with Crippen LogP contribution in [0, 0.1) is 0 Å². The monoisotopic (exact) mass is 201 g/mol. The minimum Gasteiger partial charge on any atom is -0.497 e. The van der Waals surface area contributed by atoms with Crippen LogP contribution in [0.3, 0.4) is 0 Å². The number of halogens is 1. The summed E-state index contributed by atoms with van der Waals surface area (Å²) in [6.45, 7) is 0.427. The normalized spacial score (nSPS) is 9.77. The van der Waals surface area contributed by atoms with E-state index in [4.69, 9.17) is 26.8 Å². The summed E-state index contributed by atoms with van der Waals surface area (Å²) in [5, 5.41) is 0. The zero-order valence-corrected chi connectivity index (χ0v) is 8.17. The van der Waals surface area contributed by atoms with Gasteiger partial charge in [0.05, 0.1) is 7.11 Å². The summed E-state index contributed by atoms with van der Waals surface area (Å²) >= 11 is 5.46. The number of rotatable bonds is 4. The average Bonchev–Trinajstić information content (AvgIpc) is 2.18. The predicted octanol–water partition coefficient (Wildman–Crippen LogP) is 1.73. The van der Waals surface area contributed by atoms with Crippen molar-refractivity contribution in [2.75, 3.05) is 13.2 Å². The van der Waals surface area contributed by atoms with Crippen LogP contribution in [0.4, 0.5) is 0 Å². The third-order valence-corrected chi connectivity index (χ3v) is 1.81. The first-order chi connectivity index (χ1) is 6.31. The highest BCUT2D eigenvalue weighted by molar-refractivity contribution is 6.17. The molecule has 0 fully saturated rings. The molecule has 0 saturated carbocycles. The van der Waals surface area contributed by atoms with Crippen LogP contribution in [0.15, 0.2) is 18.2 Å². The topological polar surface area (TPSA) is 44.5 Å². The lowest BCUT2D eigenvalue weighted by Crippen LogP contribution is -2.01. The van der Waals surface area contributed by atoms with E-state index < -0.39 is 0 Å². The molecule has 1 aromatic carbocycles. The van der Waals surface area contributed by atoms with E-state index in [0.29, 0.717) is 12.3 Å². The summed E-state index contributed by atoms with van der Waals surface area (Å²) < 4.78 is 10.2. The lowest BCUT2D eigenvalue weighted by molar-refractivity contribution is 0.373. The highest BCUT2D eigenvalue weighted by Gasteiger charge is 2.03. The Bertz CT molecular complexity index is 278. The summed E-state index contributed by atoms with van der Waals surface area (Å²) in [7, 11) is 1.60. The molecule has 0 spiro atoms. The second-order valence-electron chi connectivity index (χ2n) is 2.43.